The molecule has 0 aromatic carbocycles. The Morgan fingerprint density at radius 2 is 1.92 bits per heavy atom. The predicted molar refractivity (Wildman–Crippen MR) is 54.7 cm³/mol. The molecule has 0 saturated carbocycles. The van der Waals surface area contributed by atoms with E-state index in [9.17, 15) is 0 Å². The van der Waals surface area contributed by atoms with Crippen LogP contribution in [0.2, 0.25) is 0 Å². The molecule has 1 nitrogen and oxygen atoms in total. The normalized spacial score (nSPS) is 38.2. The van der Waals surface area contributed by atoms with Crippen LogP contribution in [-0.2, 0) is 0 Å². The van der Waals surface area contributed by atoms with Crippen LogP contribution in [0.25, 0.3) is 0 Å². The fraction of sp³-hybridized carbons (Fsp3) is 1.00. The van der Waals surface area contributed by atoms with Crippen molar-refractivity contribution in [3.05, 3.63) is 0 Å². The fourth-order valence-corrected chi connectivity index (χ4v) is 2.61. The maximum Gasteiger partial charge on any atom is 0.0463 e. The molecule has 1 N–H and O–H groups in total. The lowest BCUT2D eigenvalue weighted by Crippen LogP contribution is -2.51. The summed E-state index contributed by atoms with van der Waals surface area (Å²) in [7, 11) is 0. The van der Waals surface area contributed by atoms with Crippen LogP contribution in [0, 0.1) is 11.3 Å². The van der Waals surface area contributed by atoms with Gasteiger partial charge in [0, 0.05) is 18.0 Å². The Hall–Kier alpha value is 0.250. The van der Waals surface area contributed by atoms with Gasteiger partial charge in [0.2, 0.25) is 0 Å². The van der Waals surface area contributed by atoms with Crippen molar-refractivity contribution in [2.45, 2.75) is 45.5 Å². The van der Waals surface area contributed by atoms with E-state index >= 15 is 0 Å². The fourth-order valence-electron chi connectivity index (χ4n) is 2.24. The van der Waals surface area contributed by atoms with Crippen LogP contribution in [0.4, 0.5) is 0 Å². The van der Waals surface area contributed by atoms with E-state index in [-0.39, 0.29) is 0 Å². The summed E-state index contributed by atoms with van der Waals surface area (Å²) >= 11 is 6.06. The first kappa shape index (κ1) is 10.3. The highest BCUT2D eigenvalue weighted by atomic mass is 35.5. The van der Waals surface area contributed by atoms with Crippen LogP contribution in [0.15, 0.2) is 0 Å². The Morgan fingerprint density at radius 1 is 1.33 bits per heavy atom. The van der Waals surface area contributed by atoms with E-state index < -0.39 is 0 Å². The van der Waals surface area contributed by atoms with E-state index in [4.69, 9.17) is 11.6 Å². The van der Waals surface area contributed by atoms with Gasteiger partial charge < -0.3 is 5.32 Å². The Bertz CT molecular complexity index is 150. The zero-order valence-electron chi connectivity index (χ0n) is 8.52. The molecule has 1 rings (SSSR count). The van der Waals surface area contributed by atoms with E-state index in [2.05, 4.69) is 33.0 Å². The SMILES string of the molecule is CC1CC(Cl)CNC1C(C)(C)C. The number of alkyl halides is 1. The van der Waals surface area contributed by atoms with Gasteiger partial charge in [-0.3, -0.25) is 0 Å². The largest absolute Gasteiger partial charge is 0.312 e. The molecule has 1 fully saturated rings. The number of hydrogen-bond acceptors (Lipinski definition) is 1. The lowest BCUT2D eigenvalue weighted by atomic mass is 9.76. The molecule has 0 amide bonds. The topological polar surface area (TPSA) is 12.0 Å². The van der Waals surface area contributed by atoms with Crippen molar-refractivity contribution < 1.29 is 0 Å². The third-order valence-corrected chi connectivity index (χ3v) is 3.02. The van der Waals surface area contributed by atoms with Gasteiger partial charge >= 0.3 is 0 Å². The minimum absolute atomic E-state index is 0.332. The molecule has 2 heteroatoms. The van der Waals surface area contributed by atoms with Crippen molar-refractivity contribution in [2.24, 2.45) is 11.3 Å². The molecule has 0 radical (unpaired) electrons. The van der Waals surface area contributed by atoms with Gasteiger partial charge in [0.15, 0.2) is 0 Å². The molecule has 0 aromatic rings. The van der Waals surface area contributed by atoms with Crippen LogP contribution < -0.4 is 5.32 Å². The Labute approximate surface area is 80.9 Å². The van der Waals surface area contributed by atoms with Gasteiger partial charge in [0.05, 0.1) is 0 Å². The molecule has 1 saturated heterocycles. The van der Waals surface area contributed by atoms with Crippen molar-refractivity contribution >= 4 is 11.6 Å². The molecule has 72 valence electrons. The molecule has 0 aromatic heterocycles. The van der Waals surface area contributed by atoms with E-state index in [1.54, 1.807) is 0 Å². The lowest BCUT2D eigenvalue weighted by molar-refractivity contribution is 0.169. The summed E-state index contributed by atoms with van der Waals surface area (Å²) in [5.74, 6) is 0.696. The standard InChI is InChI=1S/C10H20ClN/c1-7-5-8(11)6-12-9(7)10(2,3)4/h7-9,12H,5-6H2,1-4H3. The third-order valence-electron chi connectivity index (χ3n) is 2.69. The number of hydrogen-bond donors (Lipinski definition) is 1. The highest BCUT2D eigenvalue weighted by Gasteiger charge is 2.33. The van der Waals surface area contributed by atoms with E-state index in [1.165, 1.54) is 0 Å². The van der Waals surface area contributed by atoms with Crippen LogP contribution in [-0.4, -0.2) is 18.0 Å². The maximum atomic E-state index is 6.06. The highest BCUT2D eigenvalue weighted by Crippen LogP contribution is 2.31. The number of halogens is 1. The zero-order chi connectivity index (χ0) is 9.35. The summed E-state index contributed by atoms with van der Waals surface area (Å²) in [4.78, 5) is 0. The molecular formula is C10H20ClN. The first-order valence-electron chi connectivity index (χ1n) is 4.78. The Kier molecular flexibility index (Phi) is 3.06. The quantitative estimate of drug-likeness (QED) is 0.578. The molecule has 0 spiro atoms. The van der Waals surface area contributed by atoms with Gasteiger partial charge in [-0.2, -0.15) is 0 Å². The van der Waals surface area contributed by atoms with E-state index in [0.29, 0.717) is 22.8 Å². The molecule has 3 unspecified atom stereocenters. The average molecular weight is 190 g/mol. The van der Waals surface area contributed by atoms with Gasteiger partial charge in [-0.1, -0.05) is 27.7 Å². The lowest BCUT2D eigenvalue weighted by Gasteiger charge is -2.41. The molecule has 1 heterocycles. The second-order valence-corrected chi connectivity index (χ2v) is 5.68. The van der Waals surface area contributed by atoms with E-state index in [1.807, 2.05) is 0 Å². The molecular weight excluding hydrogens is 170 g/mol. The summed E-state index contributed by atoms with van der Waals surface area (Å²) in [5, 5.41) is 3.86. The highest BCUT2D eigenvalue weighted by molar-refractivity contribution is 6.20. The molecule has 3 atom stereocenters. The van der Waals surface area contributed by atoms with Crippen LogP contribution in [0.5, 0.6) is 0 Å². The number of piperidine rings is 1. The van der Waals surface area contributed by atoms with Crippen molar-refractivity contribution in [3.63, 3.8) is 0 Å². The second kappa shape index (κ2) is 3.55. The second-order valence-electron chi connectivity index (χ2n) is 5.06. The zero-order valence-corrected chi connectivity index (χ0v) is 9.28. The molecule has 12 heavy (non-hydrogen) atoms. The Morgan fingerprint density at radius 3 is 2.33 bits per heavy atom. The van der Waals surface area contributed by atoms with Crippen LogP contribution in [0.1, 0.15) is 34.1 Å². The van der Waals surface area contributed by atoms with E-state index in [0.717, 1.165) is 13.0 Å². The molecule has 0 bridgehead atoms. The maximum absolute atomic E-state index is 6.06. The first-order valence-corrected chi connectivity index (χ1v) is 5.22. The Balaban J connectivity index is 2.57. The number of nitrogens with one attached hydrogen (secondary N) is 1. The monoisotopic (exact) mass is 189 g/mol. The van der Waals surface area contributed by atoms with Gasteiger partial charge in [0.25, 0.3) is 0 Å². The minimum atomic E-state index is 0.332. The summed E-state index contributed by atoms with van der Waals surface area (Å²) in [6, 6.07) is 0.618. The van der Waals surface area contributed by atoms with Crippen molar-refractivity contribution in [3.8, 4) is 0 Å². The van der Waals surface area contributed by atoms with Gasteiger partial charge in [-0.25, -0.2) is 0 Å². The molecule has 1 aliphatic heterocycles. The van der Waals surface area contributed by atoms with Gasteiger partial charge in [0.1, 0.15) is 0 Å². The van der Waals surface area contributed by atoms with Crippen LogP contribution >= 0.6 is 11.6 Å². The van der Waals surface area contributed by atoms with Gasteiger partial charge in [-0.15, -0.1) is 11.6 Å². The van der Waals surface area contributed by atoms with Crippen LogP contribution in [0.3, 0.4) is 0 Å². The third kappa shape index (κ3) is 2.37. The van der Waals surface area contributed by atoms with Crippen molar-refractivity contribution in [1.29, 1.82) is 0 Å². The smallest absolute Gasteiger partial charge is 0.0463 e. The van der Waals surface area contributed by atoms with Crippen molar-refractivity contribution in [1.82, 2.24) is 5.32 Å². The number of rotatable bonds is 0. The average Bonchev–Trinajstić information content (AvgIpc) is 1.83. The first-order chi connectivity index (χ1) is 5.41. The summed E-state index contributed by atoms with van der Waals surface area (Å²) in [5.41, 5.74) is 0.358. The summed E-state index contributed by atoms with van der Waals surface area (Å²) in [6.07, 6.45) is 1.15. The summed E-state index contributed by atoms with van der Waals surface area (Å²) < 4.78 is 0. The predicted octanol–water partition coefficient (Wildman–Crippen LogP) is 2.64. The van der Waals surface area contributed by atoms with Gasteiger partial charge in [-0.05, 0) is 17.8 Å². The molecule has 0 aliphatic carbocycles. The molecule has 1 aliphatic rings. The summed E-state index contributed by atoms with van der Waals surface area (Å²) in [6.45, 7) is 10.1. The minimum Gasteiger partial charge on any atom is -0.312 e. The van der Waals surface area contributed by atoms with Crippen molar-refractivity contribution in [2.75, 3.05) is 6.54 Å².